The summed E-state index contributed by atoms with van der Waals surface area (Å²) < 4.78 is 1.72. The van der Waals surface area contributed by atoms with Gasteiger partial charge in [-0.3, -0.25) is 4.79 Å². The minimum Gasteiger partial charge on any atom is -0.314 e. The number of aromatic nitrogens is 1. The van der Waals surface area contributed by atoms with Crippen LogP contribution < -0.4 is 10.9 Å². The van der Waals surface area contributed by atoms with Gasteiger partial charge in [-0.25, -0.2) is 0 Å². The molecule has 0 spiro atoms. The van der Waals surface area contributed by atoms with Crippen LogP contribution in [0.5, 0.6) is 0 Å². The second-order valence-corrected chi connectivity index (χ2v) is 4.82. The number of benzene rings is 1. The molecule has 0 radical (unpaired) electrons. The fourth-order valence-electron chi connectivity index (χ4n) is 2.02. The Morgan fingerprint density at radius 3 is 2.58 bits per heavy atom. The highest BCUT2D eigenvalue weighted by Gasteiger charge is 2.03. The lowest BCUT2D eigenvalue weighted by Crippen LogP contribution is -2.27. The van der Waals surface area contributed by atoms with Crippen LogP contribution >= 0.6 is 0 Å². The first-order valence-electron chi connectivity index (χ1n) is 6.62. The predicted molar refractivity (Wildman–Crippen MR) is 78.3 cm³/mol. The lowest BCUT2D eigenvalue weighted by Gasteiger charge is -2.15. The van der Waals surface area contributed by atoms with E-state index in [1.807, 2.05) is 12.3 Å². The lowest BCUT2D eigenvalue weighted by atomic mass is 10.1. The van der Waals surface area contributed by atoms with Crippen LogP contribution in [0, 0.1) is 6.92 Å². The SMILES string of the molecule is Cc1ccc(C(C)NCCn2ccccc2=O)cc1. The van der Waals surface area contributed by atoms with Crippen molar-refractivity contribution in [3.8, 4) is 0 Å². The topological polar surface area (TPSA) is 34.0 Å². The monoisotopic (exact) mass is 256 g/mol. The number of aryl methyl sites for hydroxylation is 1. The van der Waals surface area contributed by atoms with E-state index < -0.39 is 0 Å². The van der Waals surface area contributed by atoms with Gasteiger partial charge in [-0.15, -0.1) is 0 Å². The Hall–Kier alpha value is -1.87. The smallest absolute Gasteiger partial charge is 0.250 e. The van der Waals surface area contributed by atoms with Crippen LogP contribution in [0.3, 0.4) is 0 Å². The molecule has 1 unspecified atom stereocenters. The van der Waals surface area contributed by atoms with Crippen LogP contribution in [-0.4, -0.2) is 11.1 Å². The molecule has 0 saturated heterocycles. The molecule has 0 aliphatic rings. The van der Waals surface area contributed by atoms with Gasteiger partial charge in [0.15, 0.2) is 0 Å². The molecule has 1 aromatic heterocycles. The first-order valence-corrected chi connectivity index (χ1v) is 6.62. The third-order valence-electron chi connectivity index (χ3n) is 3.28. The average molecular weight is 256 g/mol. The van der Waals surface area contributed by atoms with Gasteiger partial charge in [-0.1, -0.05) is 35.9 Å². The first-order chi connectivity index (χ1) is 9.16. The van der Waals surface area contributed by atoms with Gasteiger partial charge in [0.2, 0.25) is 0 Å². The maximum atomic E-state index is 11.5. The van der Waals surface area contributed by atoms with E-state index in [4.69, 9.17) is 0 Å². The van der Waals surface area contributed by atoms with E-state index in [0.29, 0.717) is 12.6 Å². The Morgan fingerprint density at radius 1 is 1.16 bits per heavy atom. The largest absolute Gasteiger partial charge is 0.314 e. The number of hydrogen-bond donors (Lipinski definition) is 1. The molecule has 19 heavy (non-hydrogen) atoms. The van der Waals surface area contributed by atoms with Crippen molar-refractivity contribution in [1.82, 2.24) is 9.88 Å². The standard InChI is InChI=1S/C16H20N2O/c1-13-6-8-15(9-7-13)14(2)17-10-12-18-11-4-3-5-16(18)19/h3-9,11,14,17H,10,12H2,1-2H3. The van der Waals surface area contributed by atoms with Gasteiger partial charge in [-0.2, -0.15) is 0 Å². The van der Waals surface area contributed by atoms with E-state index >= 15 is 0 Å². The van der Waals surface area contributed by atoms with Crippen LogP contribution in [0.4, 0.5) is 0 Å². The molecule has 1 aromatic carbocycles. The van der Waals surface area contributed by atoms with E-state index in [2.05, 4.69) is 43.4 Å². The third-order valence-corrected chi connectivity index (χ3v) is 3.28. The van der Waals surface area contributed by atoms with E-state index in [-0.39, 0.29) is 5.56 Å². The van der Waals surface area contributed by atoms with Gasteiger partial charge < -0.3 is 9.88 Å². The summed E-state index contributed by atoms with van der Waals surface area (Å²) in [5.41, 5.74) is 2.59. The van der Waals surface area contributed by atoms with Crippen molar-refractivity contribution >= 4 is 0 Å². The summed E-state index contributed by atoms with van der Waals surface area (Å²) in [6, 6.07) is 14.0. The summed E-state index contributed by atoms with van der Waals surface area (Å²) in [6.45, 7) is 5.69. The first kappa shape index (κ1) is 13.6. The molecule has 0 bridgehead atoms. The molecule has 0 aliphatic carbocycles. The number of rotatable bonds is 5. The molecule has 3 heteroatoms. The van der Waals surface area contributed by atoms with Gasteiger partial charge in [0.05, 0.1) is 0 Å². The van der Waals surface area contributed by atoms with Crippen LogP contribution in [0.25, 0.3) is 0 Å². The van der Waals surface area contributed by atoms with Crippen molar-refractivity contribution in [2.24, 2.45) is 0 Å². The van der Waals surface area contributed by atoms with Crippen molar-refractivity contribution in [3.63, 3.8) is 0 Å². The molecule has 1 atom stereocenters. The molecule has 3 nitrogen and oxygen atoms in total. The zero-order valence-electron chi connectivity index (χ0n) is 11.5. The summed E-state index contributed by atoms with van der Waals surface area (Å²) in [5, 5.41) is 3.43. The second kappa shape index (κ2) is 6.34. The third kappa shape index (κ3) is 3.80. The maximum absolute atomic E-state index is 11.5. The van der Waals surface area contributed by atoms with E-state index in [0.717, 1.165) is 6.54 Å². The van der Waals surface area contributed by atoms with Gasteiger partial charge >= 0.3 is 0 Å². The zero-order valence-corrected chi connectivity index (χ0v) is 11.5. The quantitative estimate of drug-likeness (QED) is 0.892. The number of pyridine rings is 1. The summed E-state index contributed by atoms with van der Waals surface area (Å²) >= 11 is 0. The highest BCUT2D eigenvalue weighted by atomic mass is 16.1. The molecule has 1 heterocycles. The number of nitrogens with zero attached hydrogens (tertiary/aromatic N) is 1. The Labute approximate surface area is 113 Å². The van der Waals surface area contributed by atoms with Crippen LogP contribution in [0.15, 0.2) is 53.5 Å². The summed E-state index contributed by atoms with van der Waals surface area (Å²) in [4.78, 5) is 11.5. The predicted octanol–water partition coefficient (Wildman–Crippen LogP) is 2.51. The Morgan fingerprint density at radius 2 is 1.89 bits per heavy atom. The Kier molecular flexibility index (Phi) is 4.53. The Bertz CT molecular complexity index is 572. The Balaban J connectivity index is 1.87. The van der Waals surface area contributed by atoms with Gasteiger partial charge in [0.25, 0.3) is 5.56 Å². The lowest BCUT2D eigenvalue weighted by molar-refractivity contribution is 0.524. The molecular weight excluding hydrogens is 236 g/mol. The van der Waals surface area contributed by atoms with Crippen molar-refractivity contribution in [2.75, 3.05) is 6.54 Å². The van der Waals surface area contributed by atoms with Gasteiger partial charge in [0.1, 0.15) is 0 Å². The molecule has 2 rings (SSSR count). The molecule has 0 amide bonds. The molecule has 0 aliphatic heterocycles. The maximum Gasteiger partial charge on any atom is 0.250 e. The van der Waals surface area contributed by atoms with Crippen LogP contribution in [-0.2, 0) is 6.54 Å². The fourth-order valence-corrected chi connectivity index (χ4v) is 2.02. The molecule has 100 valence electrons. The number of nitrogens with one attached hydrogen (secondary N) is 1. The van der Waals surface area contributed by atoms with Crippen LogP contribution in [0.2, 0.25) is 0 Å². The summed E-state index contributed by atoms with van der Waals surface area (Å²) in [6.07, 6.45) is 1.82. The highest BCUT2D eigenvalue weighted by Crippen LogP contribution is 2.12. The summed E-state index contributed by atoms with van der Waals surface area (Å²) in [7, 11) is 0. The molecule has 0 saturated carbocycles. The molecule has 0 fully saturated rings. The van der Waals surface area contributed by atoms with Crippen molar-refractivity contribution in [2.45, 2.75) is 26.4 Å². The minimum absolute atomic E-state index is 0.0484. The minimum atomic E-state index is 0.0484. The van der Waals surface area contributed by atoms with Gasteiger partial charge in [0, 0.05) is 31.4 Å². The molecular formula is C16H20N2O. The second-order valence-electron chi connectivity index (χ2n) is 4.82. The number of hydrogen-bond acceptors (Lipinski definition) is 2. The van der Waals surface area contributed by atoms with Gasteiger partial charge in [-0.05, 0) is 25.5 Å². The van der Waals surface area contributed by atoms with Crippen LogP contribution in [0.1, 0.15) is 24.1 Å². The summed E-state index contributed by atoms with van der Waals surface area (Å²) in [5.74, 6) is 0. The molecule has 2 aromatic rings. The fraction of sp³-hybridized carbons (Fsp3) is 0.312. The van der Waals surface area contributed by atoms with Crippen molar-refractivity contribution < 1.29 is 0 Å². The highest BCUT2D eigenvalue weighted by molar-refractivity contribution is 5.23. The van der Waals surface area contributed by atoms with Crippen molar-refractivity contribution in [1.29, 1.82) is 0 Å². The van der Waals surface area contributed by atoms with Crippen molar-refractivity contribution in [3.05, 3.63) is 70.1 Å². The normalized spacial score (nSPS) is 12.3. The van der Waals surface area contributed by atoms with E-state index in [9.17, 15) is 4.79 Å². The zero-order chi connectivity index (χ0) is 13.7. The van der Waals surface area contributed by atoms with E-state index in [1.54, 1.807) is 16.7 Å². The molecule has 1 N–H and O–H groups in total. The average Bonchev–Trinajstić information content (AvgIpc) is 2.41. The van der Waals surface area contributed by atoms with E-state index in [1.165, 1.54) is 11.1 Å².